The maximum absolute atomic E-state index is 12.8. The van der Waals surface area contributed by atoms with Crippen LogP contribution in [0.3, 0.4) is 0 Å². The number of nitrogens with zero attached hydrogens (tertiary/aromatic N) is 1. The van der Waals surface area contributed by atoms with Gasteiger partial charge in [-0.05, 0) is 25.0 Å². The highest BCUT2D eigenvalue weighted by Crippen LogP contribution is 2.34. The van der Waals surface area contributed by atoms with Crippen molar-refractivity contribution in [3.63, 3.8) is 0 Å². The van der Waals surface area contributed by atoms with Crippen molar-refractivity contribution in [2.45, 2.75) is 19.3 Å². The third-order valence-electron chi connectivity index (χ3n) is 4.99. The van der Waals surface area contributed by atoms with Gasteiger partial charge in [-0.15, -0.1) is 0 Å². The molecule has 0 bridgehead atoms. The van der Waals surface area contributed by atoms with Crippen LogP contribution in [-0.4, -0.2) is 25.5 Å². The maximum atomic E-state index is 12.8. The fourth-order valence-corrected chi connectivity index (χ4v) is 4.02. The minimum absolute atomic E-state index is 0.106. The third kappa shape index (κ3) is 1.84. The molecule has 0 amide bonds. The second-order valence-corrected chi connectivity index (χ2v) is 6.02. The molecule has 0 saturated carbocycles. The SMILES string of the molecule is CCN1c2ccccc2BC1C1Cc2ccccc2C1=O. The topological polar surface area (TPSA) is 20.3 Å². The lowest BCUT2D eigenvalue weighted by Crippen LogP contribution is -2.43. The lowest BCUT2D eigenvalue weighted by atomic mass is 9.61. The van der Waals surface area contributed by atoms with E-state index in [1.54, 1.807) is 0 Å². The van der Waals surface area contributed by atoms with E-state index in [-0.39, 0.29) is 5.92 Å². The van der Waals surface area contributed by atoms with Gasteiger partial charge in [0.25, 0.3) is 0 Å². The van der Waals surface area contributed by atoms with Crippen LogP contribution in [0.25, 0.3) is 0 Å². The number of carbonyl (C=O) groups is 1. The molecule has 1 aliphatic carbocycles. The monoisotopic (exact) mass is 275 g/mol. The van der Waals surface area contributed by atoms with Crippen molar-refractivity contribution < 1.29 is 4.79 Å². The molecule has 0 N–H and O–H groups in total. The molecule has 0 spiro atoms. The lowest BCUT2D eigenvalue weighted by molar-refractivity contribution is 0.0933. The highest BCUT2D eigenvalue weighted by atomic mass is 16.1. The predicted octanol–water partition coefficient (Wildman–Crippen LogP) is 1.97. The Morgan fingerprint density at radius 3 is 2.71 bits per heavy atom. The minimum atomic E-state index is 0.106. The Morgan fingerprint density at radius 1 is 1.14 bits per heavy atom. The Balaban J connectivity index is 1.69. The van der Waals surface area contributed by atoms with Gasteiger partial charge in [0.15, 0.2) is 13.1 Å². The van der Waals surface area contributed by atoms with Gasteiger partial charge in [-0.2, -0.15) is 0 Å². The molecule has 3 heteroatoms. The fraction of sp³-hybridized carbons (Fsp3) is 0.278. The van der Waals surface area contributed by atoms with Crippen molar-refractivity contribution in [3.05, 3.63) is 59.7 Å². The van der Waals surface area contributed by atoms with Crippen molar-refractivity contribution >= 4 is 24.2 Å². The molecule has 2 aromatic carbocycles. The van der Waals surface area contributed by atoms with E-state index >= 15 is 0 Å². The molecule has 0 fully saturated rings. The first-order valence-corrected chi connectivity index (χ1v) is 7.76. The van der Waals surface area contributed by atoms with Gasteiger partial charge >= 0.3 is 0 Å². The molecule has 2 atom stereocenters. The number of para-hydroxylation sites is 1. The van der Waals surface area contributed by atoms with Gasteiger partial charge in [0, 0.05) is 29.7 Å². The molecule has 4 rings (SSSR count). The predicted molar refractivity (Wildman–Crippen MR) is 88.0 cm³/mol. The van der Waals surface area contributed by atoms with Gasteiger partial charge in [0.1, 0.15) is 0 Å². The molecule has 1 heterocycles. The first-order chi connectivity index (χ1) is 10.3. The molecule has 2 nitrogen and oxygen atoms in total. The maximum Gasteiger partial charge on any atom is 0.188 e. The average molecular weight is 275 g/mol. The standard InChI is InChI=1S/C18H18BNO/c1-2-20-16-10-6-5-9-15(16)19-18(20)14-11-12-7-3-4-8-13(12)17(14)21/h3-10,14,18-19H,2,11H2,1H3. The highest BCUT2D eigenvalue weighted by Gasteiger charge is 2.42. The summed E-state index contributed by atoms with van der Waals surface area (Å²) in [6.45, 7) is 3.14. The number of fused-ring (bicyclic) bond motifs is 2. The van der Waals surface area contributed by atoms with E-state index in [4.69, 9.17) is 0 Å². The first kappa shape index (κ1) is 12.7. The van der Waals surface area contributed by atoms with Crippen LogP contribution in [0.5, 0.6) is 0 Å². The summed E-state index contributed by atoms with van der Waals surface area (Å²) in [5, 5.41) is 0. The van der Waals surface area contributed by atoms with Crippen molar-refractivity contribution in [2.24, 2.45) is 5.92 Å². The van der Waals surface area contributed by atoms with Crippen LogP contribution in [-0.2, 0) is 6.42 Å². The number of hydrogen-bond acceptors (Lipinski definition) is 2. The van der Waals surface area contributed by atoms with Crippen molar-refractivity contribution in [1.82, 2.24) is 0 Å². The summed E-state index contributed by atoms with van der Waals surface area (Å²) in [6.07, 6.45) is 0.893. The highest BCUT2D eigenvalue weighted by molar-refractivity contribution is 6.60. The summed E-state index contributed by atoms with van der Waals surface area (Å²) in [6, 6.07) is 16.7. The molecular weight excluding hydrogens is 257 g/mol. The average Bonchev–Trinajstić information content (AvgIpc) is 3.05. The second kappa shape index (κ2) is 4.76. The van der Waals surface area contributed by atoms with E-state index in [0.717, 1.165) is 25.8 Å². The van der Waals surface area contributed by atoms with E-state index in [9.17, 15) is 4.79 Å². The van der Waals surface area contributed by atoms with E-state index < -0.39 is 0 Å². The number of ketones is 1. The fourth-order valence-electron chi connectivity index (χ4n) is 4.02. The van der Waals surface area contributed by atoms with Crippen LogP contribution >= 0.6 is 0 Å². The zero-order valence-electron chi connectivity index (χ0n) is 12.3. The summed E-state index contributed by atoms with van der Waals surface area (Å²) in [7, 11) is 0.994. The summed E-state index contributed by atoms with van der Waals surface area (Å²) in [5.74, 6) is 0.754. The molecule has 0 aromatic heterocycles. The van der Waals surface area contributed by atoms with Crippen LogP contribution < -0.4 is 10.4 Å². The summed E-state index contributed by atoms with van der Waals surface area (Å²) >= 11 is 0. The van der Waals surface area contributed by atoms with Gasteiger partial charge in [-0.1, -0.05) is 47.9 Å². The first-order valence-electron chi connectivity index (χ1n) is 7.76. The van der Waals surface area contributed by atoms with Crippen LogP contribution in [0.2, 0.25) is 0 Å². The molecule has 104 valence electrons. The number of rotatable bonds is 2. The zero-order chi connectivity index (χ0) is 14.4. The Labute approximate surface area is 126 Å². The smallest absolute Gasteiger partial charge is 0.188 e. The summed E-state index contributed by atoms with van der Waals surface area (Å²) < 4.78 is 0. The Hall–Kier alpha value is -2.03. The molecule has 2 aliphatic rings. The zero-order valence-corrected chi connectivity index (χ0v) is 12.3. The van der Waals surface area contributed by atoms with Crippen molar-refractivity contribution in [1.29, 1.82) is 0 Å². The van der Waals surface area contributed by atoms with Gasteiger partial charge in [0.2, 0.25) is 0 Å². The van der Waals surface area contributed by atoms with Crippen molar-refractivity contribution in [2.75, 3.05) is 11.4 Å². The molecule has 1 aliphatic heterocycles. The van der Waals surface area contributed by atoms with E-state index in [1.807, 2.05) is 18.2 Å². The van der Waals surface area contributed by atoms with Gasteiger partial charge in [-0.25, -0.2) is 0 Å². The van der Waals surface area contributed by atoms with Crippen LogP contribution in [0.15, 0.2) is 48.5 Å². The quantitative estimate of drug-likeness (QED) is 0.781. The number of carbonyl (C=O) groups excluding carboxylic acids is 1. The number of hydrogen-bond donors (Lipinski definition) is 0. The third-order valence-corrected chi connectivity index (χ3v) is 4.99. The van der Waals surface area contributed by atoms with Crippen LogP contribution in [0, 0.1) is 5.92 Å². The number of benzene rings is 2. The minimum Gasteiger partial charge on any atom is -0.376 e. The van der Waals surface area contributed by atoms with Crippen LogP contribution in [0.1, 0.15) is 22.8 Å². The number of Topliss-reactive ketones (excluding diaryl/α,β-unsaturated/α-hetero) is 1. The van der Waals surface area contributed by atoms with E-state index in [0.29, 0.717) is 11.7 Å². The Bertz CT molecular complexity index is 712. The van der Waals surface area contributed by atoms with Gasteiger partial charge < -0.3 is 4.90 Å². The lowest BCUT2D eigenvalue weighted by Gasteiger charge is -2.30. The van der Waals surface area contributed by atoms with E-state index in [1.165, 1.54) is 16.7 Å². The normalized spacial score (nSPS) is 22.9. The molecular formula is C18H18BNO. The second-order valence-electron chi connectivity index (χ2n) is 6.02. The Kier molecular flexibility index (Phi) is 2.88. The van der Waals surface area contributed by atoms with Gasteiger partial charge in [0.05, 0.1) is 0 Å². The molecule has 2 aromatic rings. The van der Waals surface area contributed by atoms with E-state index in [2.05, 4.69) is 42.2 Å². The van der Waals surface area contributed by atoms with Crippen LogP contribution in [0.4, 0.5) is 5.69 Å². The van der Waals surface area contributed by atoms with Crippen molar-refractivity contribution in [3.8, 4) is 0 Å². The number of anilines is 1. The molecule has 0 radical (unpaired) electrons. The summed E-state index contributed by atoms with van der Waals surface area (Å²) in [5.41, 5.74) is 4.86. The summed E-state index contributed by atoms with van der Waals surface area (Å²) in [4.78, 5) is 15.2. The Morgan fingerprint density at radius 2 is 1.90 bits per heavy atom. The largest absolute Gasteiger partial charge is 0.376 e. The molecule has 0 saturated heterocycles. The molecule has 21 heavy (non-hydrogen) atoms. The molecule has 2 unspecified atom stereocenters. The van der Waals surface area contributed by atoms with Gasteiger partial charge in [-0.3, -0.25) is 4.79 Å².